The largest absolute Gasteiger partial charge is 0.421 e. The van der Waals surface area contributed by atoms with Crippen molar-refractivity contribution in [2.45, 2.75) is 44.3 Å². The maximum absolute atomic E-state index is 13.8. The highest BCUT2D eigenvalue weighted by molar-refractivity contribution is 5.94. The normalized spacial score (nSPS) is 20.9. The Bertz CT molecular complexity index is 1120. The second-order valence-electron chi connectivity index (χ2n) is 9.86. The number of aromatic nitrogens is 2. The first-order valence-electron chi connectivity index (χ1n) is 12.9. The maximum Gasteiger partial charge on any atom is 0.421 e. The van der Waals surface area contributed by atoms with Crippen molar-refractivity contribution in [1.82, 2.24) is 25.1 Å². The molecule has 0 bridgehead atoms. The molecule has 2 aromatic rings. The summed E-state index contributed by atoms with van der Waals surface area (Å²) in [4.78, 5) is 37.2. The monoisotopic (exact) mass is 533 g/mol. The van der Waals surface area contributed by atoms with Gasteiger partial charge in [-0.1, -0.05) is 19.3 Å². The molecule has 1 aromatic heterocycles. The van der Waals surface area contributed by atoms with E-state index in [0.717, 1.165) is 38.5 Å². The molecule has 12 heteroatoms. The van der Waals surface area contributed by atoms with E-state index in [-0.39, 0.29) is 23.6 Å². The van der Waals surface area contributed by atoms with Crippen LogP contribution in [0.3, 0.4) is 0 Å². The van der Waals surface area contributed by atoms with Crippen LogP contribution in [-0.4, -0.2) is 77.9 Å². The minimum absolute atomic E-state index is 0.0243. The number of piperazine rings is 1. The van der Waals surface area contributed by atoms with Gasteiger partial charge in [-0.2, -0.15) is 18.2 Å². The van der Waals surface area contributed by atoms with Crippen LogP contribution in [0.25, 0.3) is 0 Å². The average molecular weight is 534 g/mol. The van der Waals surface area contributed by atoms with Gasteiger partial charge in [-0.05, 0) is 44.2 Å². The van der Waals surface area contributed by atoms with Crippen LogP contribution < -0.4 is 16.0 Å². The number of anilines is 3. The zero-order chi connectivity index (χ0) is 27.3. The van der Waals surface area contributed by atoms with E-state index in [1.807, 2.05) is 7.05 Å². The lowest BCUT2D eigenvalue weighted by atomic mass is 9.93. The van der Waals surface area contributed by atoms with Gasteiger partial charge in [0.15, 0.2) is 0 Å². The van der Waals surface area contributed by atoms with Crippen LogP contribution in [0, 0.1) is 5.92 Å². The van der Waals surface area contributed by atoms with Gasteiger partial charge >= 0.3 is 6.18 Å². The van der Waals surface area contributed by atoms with Crippen LogP contribution in [0.2, 0.25) is 0 Å². The molecule has 38 heavy (non-hydrogen) atoms. The number of halogens is 3. The molecule has 2 aliphatic rings. The van der Waals surface area contributed by atoms with Crippen LogP contribution in [0.1, 0.15) is 48.0 Å². The van der Waals surface area contributed by atoms with Crippen LogP contribution >= 0.6 is 0 Å². The third kappa shape index (κ3) is 6.72. The van der Waals surface area contributed by atoms with E-state index >= 15 is 0 Å². The number of carbonyl (C=O) groups excluding carboxylic acids is 2. The molecule has 4 rings (SSSR count). The van der Waals surface area contributed by atoms with Crippen molar-refractivity contribution in [2.75, 3.05) is 50.9 Å². The molecule has 206 valence electrons. The Kier molecular flexibility index (Phi) is 8.70. The van der Waals surface area contributed by atoms with Gasteiger partial charge in [0.25, 0.3) is 5.91 Å². The number of hydrogen-bond donors (Lipinski definition) is 3. The number of hydrogen-bond acceptors (Lipinski definition) is 7. The first-order valence-corrected chi connectivity index (χ1v) is 12.9. The molecule has 2 fully saturated rings. The summed E-state index contributed by atoms with van der Waals surface area (Å²) in [5.41, 5.74) is 0.0730. The molecule has 0 radical (unpaired) electrons. The van der Waals surface area contributed by atoms with Gasteiger partial charge in [0.2, 0.25) is 11.9 Å². The van der Waals surface area contributed by atoms with E-state index in [2.05, 4.69) is 30.8 Å². The van der Waals surface area contributed by atoms with Gasteiger partial charge in [0.1, 0.15) is 11.4 Å². The number of nitrogens with one attached hydrogen (secondary N) is 3. The molecule has 3 N–H and O–H groups in total. The predicted molar refractivity (Wildman–Crippen MR) is 138 cm³/mol. The van der Waals surface area contributed by atoms with Crippen LogP contribution in [-0.2, 0) is 11.0 Å². The van der Waals surface area contributed by atoms with Crippen molar-refractivity contribution in [3.8, 4) is 0 Å². The van der Waals surface area contributed by atoms with Crippen molar-refractivity contribution in [3.05, 3.63) is 41.6 Å². The second kappa shape index (κ2) is 12.0. The molecule has 0 spiro atoms. The summed E-state index contributed by atoms with van der Waals surface area (Å²) < 4.78 is 41.4. The van der Waals surface area contributed by atoms with E-state index in [4.69, 9.17) is 0 Å². The number of likely N-dealkylation sites (N-methyl/N-ethyl adjacent to an activating group) is 1. The summed E-state index contributed by atoms with van der Waals surface area (Å²) in [5, 5.41) is 8.48. The molecule has 2 heterocycles. The first kappa shape index (κ1) is 27.6. The fourth-order valence-electron chi connectivity index (χ4n) is 4.93. The van der Waals surface area contributed by atoms with Gasteiger partial charge in [0.05, 0.1) is 5.92 Å². The Morgan fingerprint density at radius 3 is 2.34 bits per heavy atom. The summed E-state index contributed by atoms with van der Waals surface area (Å²) in [6.07, 6.45) is -0.206. The standard InChI is InChI=1S/C26H34F3N7O2/c1-30-23(37)19-6-4-3-5-7-21(19)33-22-20(26(27,28)29)16-31-25(34-22)32-18-10-8-17(9-11-18)24(38)36-14-12-35(2)13-15-36/h8-11,16,19,21H,3-7,12-15H2,1-2H3,(H,30,37)(H2,31,32,33,34)/t19-,21+/m0/s1. The lowest BCUT2D eigenvalue weighted by molar-refractivity contribution is -0.137. The number of rotatable bonds is 6. The Labute approximate surface area is 220 Å². The molecule has 1 aromatic carbocycles. The third-order valence-corrected chi connectivity index (χ3v) is 7.19. The van der Waals surface area contributed by atoms with Crippen molar-refractivity contribution in [1.29, 1.82) is 0 Å². The quantitative estimate of drug-likeness (QED) is 0.487. The summed E-state index contributed by atoms with van der Waals surface area (Å²) in [7, 11) is 3.55. The number of benzene rings is 1. The van der Waals surface area contributed by atoms with E-state index in [0.29, 0.717) is 37.2 Å². The van der Waals surface area contributed by atoms with Gasteiger partial charge in [-0.3, -0.25) is 9.59 Å². The van der Waals surface area contributed by atoms with Gasteiger partial charge in [-0.15, -0.1) is 0 Å². The van der Waals surface area contributed by atoms with Gasteiger partial charge in [0, 0.05) is 56.7 Å². The maximum atomic E-state index is 13.8. The molecule has 1 saturated carbocycles. The van der Waals surface area contributed by atoms with E-state index < -0.39 is 23.7 Å². The average Bonchev–Trinajstić information content (AvgIpc) is 3.13. The van der Waals surface area contributed by atoms with Crippen LogP contribution in [0.5, 0.6) is 0 Å². The fraction of sp³-hybridized carbons (Fsp3) is 0.538. The smallest absolute Gasteiger partial charge is 0.366 e. The Balaban J connectivity index is 1.52. The third-order valence-electron chi connectivity index (χ3n) is 7.19. The van der Waals surface area contributed by atoms with E-state index in [9.17, 15) is 22.8 Å². The molecular formula is C26H34F3N7O2. The molecule has 2 amide bonds. The van der Waals surface area contributed by atoms with Crippen molar-refractivity contribution >= 4 is 29.3 Å². The second-order valence-corrected chi connectivity index (χ2v) is 9.86. The van der Waals surface area contributed by atoms with Crippen molar-refractivity contribution in [2.24, 2.45) is 5.92 Å². The Morgan fingerprint density at radius 1 is 1.00 bits per heavy atom. The lowest BCUT2D eigenvalue weighted by Crippen LogP contribution is -2.47. The number of carbonyl (C=O) groups is 2. The SMILES string of the molecule is CNC(=O)[C@H]1CCCCC[C@H]1Nc1nc(Nc2ccc(C(=O)N3CCN(C)CC3)cc2)ncc1C(F)(F)F. The molecule has 2 atom stereocenters. The Hall–Kier alpha value is -3.41. The highest BCUT2D eigenvalue weighted by Crippen LogP contribution is 2.36. The molecular weight excluding hydrogens is 499 g/mol. The van der Waals surface area contributed by atoms with E-state index in [1.165, 1.54) is 7.05 Å². The predicted octanol–water partition coefficient (Wildman–Crippen LogP) is 3.73. The highest BCUT2D eigenvalue weighted by Gasteiger charge is 2.37. The fourth-order valence-corrected chi connectivity index (χ4v) is 4.93. The number of alkyl halides is 3. The minimum atomic E-state index is -4.67. The number of amides is 2. The van der Waals surface area contributed by atoms with Crippen molar-refractivity contribution in [3.63, 3.8) is 0 Å². The van der Waals surface area contributed by atoms with Crippen molar-refractivity contribution < 1.29 is 22.8 Å². The van der Waals surface area contributed by atoms with Crippen LogP contribution in [0.4, 0.5) is 30.6 Å². The summed E-state index contributed by atoms with van der Waals surface area (Å²) in [6.45, 7) is 2.95. The first-order chi connectivity index (χ1) is 18.2. The topological polar surface area (TPSA) is 102 Å². The van der Waals surface area contributed by atoms with Gasteiger partial charge < -0.3 is 25.8 Å². The summed E-state index contributed by atoms with van der Waals surface area (Å²) in [5.74, 6) is -1.10. The minimum Gasteiger partial charge on any atom is -0.366 e. The number of nitrogens with zero attached hydrogens (tertiary/aromatic N) is 4. The summed E-state index contributed by atoms with van der Waals surface area (Å²) in [6, 6.07) is 6.20. The highest BCUT2D eigenvalue weighted by atomic mass is 19.4. The van der Waals surface area contributed by atoms with Crippen LogP contribution in [0.15, 0.2) is 30.5 Å². The molecule has 9 nitrogen and oxygen atoms in total. The zero-order valence-electron chi connectivity index (χ0n) is 21.6. The Morgan fingerprint density at radius 2 is 1.68 bits per heavy atom. The summed E-state index contributed by atoms with van der Waals surface area (Å²) >= 11 is 0. The molecule has 1 aliphatic heterocycles. The molecule has 0 unspecified atom stereocenters. The zero-order valence-corrected chi connectivity index (χ0v) is 21.6. The lowest BCUT2D eigenvalue weighted by Gasteiger charge is -2.32. The van der Waals surface area contributed by atoms with E-state index in [1.54, 1.807) is 29.2 Å². The molecule has 1 saturated heterocycles. The van der Waals surface area contributed by atoms with Gasteiger partial charge in [-0.25, -0.2) is 4.98 Å². The molecule has 1 aliphatic carbocycles.